The molecule has 0 radical (unpaired) electrons. The molecular weight excluding hydrogens is 420 g/mol. The summed E-state index contributed by atoms with van der Waals surface area (Å²) in [6.07, 6.45) is 8.11. The first-order valence-electron chi connectivity index (χ1n) is 12.1. The Kier molecular flexibility index (Phi) is 7.93. The van der Waals surface area contributed by atoms with Crippen LogP contribution in [0.1, 0.15) is 52.3 Å². The van der Waals surface area contributed by atoms with Crippen molar-refractivity contribution in [3.05, 3.63) is 18.3 Å². The quantitative estimate of drug-likeness (QED) is 0.600. The van der Waals surface area contributed by atoms with Crippen LogP contribution in [-0.2, 0) is 16.0 Å². The minimum atomic E-state index is 0.345. The Bertz CT molecular complexity index is 1020. The van der Waals surface area contributed by atoms with Crippen molar-refractivity contribution in [3.8, 4) is 11.5 Å². The van der Waals surface area contributed by atoms with E-state index in [1.165, 1.54) is 12.8 Å². The van der Waals surface area contributed by atoms with Gasteiger partial charge in [0, 0.05) is 52.1 Å². The van der Waals surface area contributed by atoms with Gasteiger partial charge in [-0.1, -0.05) is 13.8 Å². The summed E-state index contributed by atoms with van der Waals surface area (Å²) in [5.41, 5.74) is 2.62. The van der Waals surface area contributed by atoms with E-state index in [0.29, 0.717) is 17.8 Å². The van der Waals surface area contributed by atoms with Gasteiger partial charge in [0.2, 0.25) is 5.89 Å². The van der Waals surface area contributed by atoms with Gasteiger partial charge in [-0.2, -0.15) is 5.10 Å². The molecular formula is C24H36N6O3. The number of nitrogens with one attached hydrogen (secondary N) is 1. The van der Waals surface area contributed by atoms with Crippen LogP contribution in [0.25, 0.3) is 22.5 Å². The fraction of sp³-hybridized carbons (Fsp3) is 0.667. The molecule has 0 amide bonds. The molecule has 180 valence electrons. The van der Waals surface area contributed by atoms with Crippen LogP contribution < -0.4 is 5.32 Å². The summed E-state index contributed by atoms with van der Waals surface area (Å²) in [5, 5.41) is 17.1. The van der Waals surface area contributed by atoms with E-state index in [1.807, 2.05) is 10.9 Å². The minimum Gasteiger partial charge on any atom is -0.421 e. The van der Waals surface area contributed by atoms with Gasteiger partial charge in [0.05, 0.1) is 22.8 Å². The van der Waals surface area contributed by atoms with Crippen molar-refractivity contribution in [1.82, 2.24) is 25.0 Å². The Balaban J connectivity index is 0.000000243. The molecule has 5 heterocycles. The first-order valence-corrected chi connectivity index (χ1v) is 12.1. The fourth-order valence-electron chi connectivity index (χ4n) is 4.41. The number of hydrogen-bond acceptors (Lipinski definition) is 8. The second kappa shape index (κ2) is 11.1. The first kappa shape index (κ1) is 23.6. The van der Waals surface area contributed by atoms with Gasteiger partial charge in [0.25, 0.3) is 5.89 Å². The highest BCUT2D eigenvalue weighted by Crippen LogP contribution is 2.34. The summed E-state index contributed by atoms with van der Waals surface area (Å²) in [5.74, 6) is 2.79. The predicted molar refractivity (Wildman–Crippen MR) is 127 cm³/mol. The van der Waals surface area contributed by atoms with Gasteiger partial charge in [-0.3, -0.25) is 0 Å². The zero-order valence-corrected chi connectivity index (χ0v) is 20.2. The Morgan fingerprint density at radius 2 is 1.73 bits per heavy atom. The third-order valence-electron chi connectivity index (χ3n) is 6.50. The van der Waals surface area contributed by atoms with Crippen LogP contribution in [0.5, 0.6) is 0 Å². The number of anilines is 1. The van der Waals surface area contributed by atoms with E-state index < -0.39 is 0 Å². The van der Waals surface area contributed by atoms with Gasteiger partial charge in [-0.05, 0) is 44.4 Å². The zero-order valence-electron chi connectivity index (χ0n) is 20.2. The minimum absolute atomic E-state index is 0.345. The molecule has 0 unspecified atom stereocenters. The van der Waals surface area contributed by atoms with Crippen molar-refractivity contribution in [2.24, 2.45) is 11.8 Å². The summed E-state index contributed by atoms with van der Waals surface area (Å²) < 4.78 is 18.2. The van der Waals surface area contributed by atoms with E-state index in [9.17, 15) is 0 Å². The standard InChI is InChI=1S/C16H20N6O2.C8H16O/c1-3-22-15-12(9-18-22)14(19-11-4-6-23-7-5-11)13(8-17-15)16-21-20-10(2)24-16;1-7(2)8-3-5-9-6-4-8/h8-9,11H,3-7H2,1-2H3,(H,17,19);7-8H,3-6H2,1-2H3. The van der Waals surface area contributed by atoms with Crippen LogP contribution in [0.3, 0.4) is 0 Å². The lowest BCUT2D eigenvalue weighted by Gasteiger charge is -2.25. The van der Waals surface area contributed by atoms with Crippen molar-refractivity contribution in [2.75, 3.05) is 31.7 Å². The van der Waals surface area contributed by atoms with Crippen LogP contribution in [0.15, 0.2) is 16.8 Å². The van der Waals surface area contributed by atoms with E-state index in [-0.39, 0.29) is 0 Å². The molecule has 0 aliphatic carbocycles. The highest BCUT2D eigenvalue weighted by atomic mass is 16.5. The number of pyridine rings is 1. The lowest BCUT2D eigenvalue weighted by molar-refractivity contribution is 0.0523. The predicted octanol–water partition coefficient (Wildman–Crippen LogP) is 4.47. The molecule has 1 N–H and O–H groups in total. The third-order valence-corrected chi connectivity index (χ3v) is 6.50. The molecule has 2 fully saturated rings. The van der Waals surface area contributed by atoms with Gasteiger partial charge >= 0.3 is 0 Å². The Morgan fingerprint density at radius 3 is 2.30 bits per heavy atom. The summed E-state index contributed by atoms with van der Waals surface area (Å²) in [6.45, 7) is 12.7. The molecule has 0 atom stereocenters. The third kappa shape index (κ3) is 5.70. The molecule has 0 spiro atoms. The first-order chi connectivity index (χ1) is 16.1. The lowest BCUT2D eigenvalue weighted by atomic mass is 9.89. The molecule has 3 aromatic rings. The smallest absolute Gasteiger partial charge is 0.251 e. The highest BCUT2D eigenvalue weighted by Gasteiger charge is 2.22. The van der Waals surface area contributed by atoms with Crippen molar-refractivity contribution in [3.63, 3.8) is 0 Å². The Morgan fingerprint density at radius 1 is 1.03 bits per heavy atom. The number of nitrogens with zero attached hydrogens (tertiary/aromatic N) is 5. The van der Waals surface area contributed by atoms with Gasteiger partial charge in [-0.15, -0.1) is 10.2 Å². The van der Waals surface area contributed by atoms with Crippen molar-refractivity contribution in [2.45, 2.75) is 66.0 Å². The molecule has 2 saturated heterocycles. The number of ether oxygens (including phenoxy) is 2. The summed E-state index contributed by atoms with van der Waals surface area (Å²) in [7, 11) is 0. The maximum Gasteiger partial charge on any atom is 0.251 e. The van der Waals surface area contributed by atoms with Crippen LogP contribution in [0, 0.1) is 18.8 Å². The largest absolute Gasteiger partial charge is 0.421 e. The molecule has 2 aliphatic rings. The number of aryl methyl sites for hydroxylation is 2. The maximum atomic E-state index is 5.63. The number of rotatable bonds is 5. The van der Waals surface area contributed by atoms with Crippen LogP contribution in [0.2, 0.25) is 0 Å². The average molecular weight is 457 g/mol. The van der Waals surface area contributed by atoms with Gasteiger partial charge < -0.3 is 19.2 Å². The normalized spacial score (nSPS) is 17.8. The lowest BCUT2D eigenvalue weighted by Crippen LogP contribution is -2.28. The number of hydrogen-bond donors (Lipinski definition) is 1. The monoisotopic (exact) mass is 456 g/mol. The molecule has 5 rings (SSSR count). The van der Waals surface area contributed by atoms with E-state index in [4.69, 9.17) is 13.9 Å². The number of aromatic nitrogens is 5. The Hall–Kier alpha value is -2.52. The van der Waals surface area contributed by atoms with Crippen molar-refractivity contribution >= 4 is 16.7 Å². The maximum absolute atomic E-state index is 5.63. The molecule has 9 heteroatoms. The Labute approximate surface area is 195 Å². The second-order valence-corrected chi connectivity index (χ2v) is 9.10. The SMILES string of the molecule is CC(C)C1CCOCC1.CCn1ncc2c(NC3CCOCC3)c(-c3nnc(C)o3)cnc21. The van der Waals surface area contributed by atoms with E-state index >= 15 is 0 Å². The average Bonchev–Trinajstić information content (AvgIpc) is 3.47. The van der Waals surface area contributed by atoms with E-state index in [2.05, 4.69) is 46.4 Å². The molecule has 0 aromatic carbocycles. The van der Waals surface area contributed by atoms with Gasteiger partial charge in [0.1, 0.15) is 0 Å². The highest BCUT2D eigenvalue weighted by molar-refractivity contribution is 5.96. The van der Waals surface area contributed by atoms with E-state index in [1.54, 1.807) is 13.1 Å². The molecule has 3 aromatic heterocycles. The molecule has 0 saturated carbocycles. The van der Waals surface area contributed by atoms with Gasteiger partial charge in [0.15, 0.2) is 5.65 Å². The van der Waals surface area contributed by atoms with E-state index in [0.717, 1.165) is 79.9 Å². The molecule has 2 aliphatic heterocycles. The van der Waals surface area contributed by atoms with Crippen LogP contribution in [0.4, 0.5) is 5.69 Å². The van der Waals surface area contributed by atoms with Crippen LogP contribution >= 0.6 is 0 Å². The molecule has 33 heavy (non-hydrogen) atoms. The second-order valence-electron chi connectivity index (χ2n) is 9.10. The number of fused-ring (bicyclic) bond motifs is 1. The summed E-state index contributed by atoms with van der Waals surface area (Å²) in [6, 6.07) is 0.345. The van der Waals surface area contributed by atoms with Crippen molar-refractivity contribution < 1.29 is 13.9 Å². The van der Waals surface area contributed by atoms with Crippen LogP contribution in [-0.4, -0.2) is 57.4 Å². The summed E-state index contributed by atoms with van der Waals surface area (Å²) >= 11 is 0. The topological polar surface area (TPSA) is 100 Å². The van der Waals surface area contributed by atoms with Gasteiger partial charge in [-0.25, -0.2) is 9.67 Å². The fourth-order valence-corrected chi connectivity index (χ4v) is 4.41. The zero-order chi connectivity index (χ0) is 23.2. The van der Waals surface area contributed by atoms with Crippen molar-refractivity contribution in [1.29, 1.82) is 0 Å². The summed E-state index contributed by atoms with van der Waals surface area (Å²) in [4.78, 5) is 4.56. The molecule has 9 nitrogen and oxygen atoms in total. The molecule has 0 bridgehead atoms.